The van der Waals surface area contributed by atoms with Gasteiger partial charge >= 0.3 is 0 Å². The van der Waals surface area contributed by atoms with Gasteiger partial charge in [0.05, 0.1) is 12.0 Å². The SMILES string of the molecule is CC(NC(=O)C1CNC1)c1nncn1C. The molecule has 1 atom stereocenters. The number of carbonyl (C=O) groups is 1. The summed E-state index contributed by atoms with van der Waals surface area (Å²) in [6.07, 6.45) is 1.63. The molecular weight excluding hydrogens is 194 g/mol. The van der Waals surface area contributed by atoms with Crippen molar-refractivity contribution in [2.45, 2.75) is 13.0 Å². The van der Waals surface area contributed by atoms with Crippen molar-refractivity contribution in [3.8, 4) is 0 Å². The summed E-state index contributed by atoms with van der Waals surface area (Å²) in [6.45, 7) is 3.46. The molecule has 1 aromatic rings. The molecule has 1 fully saturated rings. The third-order valence-electron chi connectivity index (χ3n) is 2.64. The van der Waals surface area contributed by atoms with E-state index in [4.69, 9.17) is 0 Å². The first-order chi connectivity index (χ1) is 7.18. The summed E-state index contributed by atoms with van der Waals surface area (Å²) in [5.41, 5.74) is 0. The summed E-state index contributed by atoms with van der Waals surface area (Å²) < 4.78 is 1.81. The van der Waals surface area contributed by atoms with Crippen LogP contribution in [0.2, 0.25) is 0 Å². The van der Waals surface area contributed by atoms with Crippen molar-refractivity contribution >= 4 is 5.91 Å². The average Bonchev–Trinajstić information content (AvgIpc) is 2.47. The van der Waals surface area contributed by atoms with Gasteiger partial charge in [-0.2, -0.15) is 0 Å². The third kappa shape index (κ3) is 1.99. The molecule has 1 aromatic heterocycles. The van der Waals surface area contributed by atoms with Crippen LogP contribution in [0.1, 0.15) is 18.8 Å². The predicted octanol–water partition coefficient (Wildman–Crippen LogP) is -0.788. The number of aromatic nitrogens is 3. The molecule has 1 unspecified atom stereocenters. The van der Waals surface area contributed by atoms with Gasteiger partial charge in [-0.3, -0.25) is 4.79 Å². The average molecular weight is 209 g/mol. The van der Waals surface area contributed by atoms with E-state index in [-0.39, 0.29) is 17.9 Å². The van der Waals surface area contributed by atoms with Gasteiger partial charge in [-0.05, 0) is 6.92 Å². The van der Waals surface area contributed by atoms with Crippen LogP contribution in [0.4, 0.5) is 0 Å². The molecule has 0 spiro atoms. The van der Waals surface area contributed by atoms with Gasteiger partial charge in [0.25, 0.3) is 0 Å². The number of aryl methyl sites for hydroxylation is 1. The number of amides is 1. The van der Waals surface area contributed by atoms with Gasteiger partial charge in [0.2, 0.25) is 5.91 Å². The molecule has 0 aliphatic carbocycles. The number of carbonyl (C=O) groups excluding carboxylic acids is 1. The molecule has 6 heteroatoms. The Balaban J connectivity index is 1.94. The first kappa shape index (κ1) is 10.1. The topological polar surface area (TPSA) is 71.8 Å². The lowest BCUT2D eigenvalue weighted by Gasteiger charge is -2.27. The van der Waals surface area contributed by atoms with Crippen molar-refractivity contribution in [1.29, 1.82) is 0 Å². The van der Waals surface area contributed by atoms with Gasteiger partial charge < -0.3 is 15.2 Å². The Labute approximate surface area is 88.1 Å². The number of hydrogen-bond donors (Lipinski definition) is 2. The van der Waals surface area contributed by atoms with Crippen LogP contribution < -0.4 is 10.6 Å². The largest absolute Gasteiger partial charge is 0.346 e. The van der Waals surface area contributed by atoms with Gasteiger partial charge in [0, 0.05) is 20.1 Å². The smallest absolute Gasteiger partial charge is 0.226 e. The summed E-state index contributed by atoms with van der Waals surface area (Å²) in [5.74, 6) is 0.973. The molecule has 0 saturated carbocycles. The zero-order valence-electron chi connectivity index (χ0n) is 8.90. The molecule has 15 heavy (non-hydrogen) atoms. The number of nitrogens with one attached hydrogen (secondary N) is 2. The Kier molecular flexibility index (Phi) is 2.68. The van der Waals surface area contributed by atoms with Gasteiger partial charge in [-0.15, -0.1) is 10.2 Å². The van der Waals surface area contributed by atoms with E-state index in [0.29, 0.717) is 0 Å². The Morgan fingerprint density at radius 3 is 2.93 bits per heavy atom. The second kappa shape index (κ2) is 3.98. The lowest BCUT2D eigenvalue weighted by atomic mass is 10.0. The molecule has 6 nitrogen and oxygen atoms in total. The molecule has 0 bridgehead atoms. The Morgan fingerprint density at radius 2 is 2.47 bits per heavy atom. The summed E-state index contributed by atoms with van der Waals surface area (Å²) in [7, 11) is 1.86. The Morgan fingerprint density at radius 1 is 1.73 bits per heavy atom. The lowest BCUT2D eigenvalue weighted by Crippen LogP contribution is -2.51. The fraction of sp³-hybridized carbons (Fsp3) is 0.667. The standard InChI is InChI=1S/C9H15N5O/c1-6(8-13-11-5-14(8)2)12-9(15)7-3-10-4-7/h5-7,10H,3-4H2,1-2H3,(H,12,15). The van der Waals surface area contributed by atoms with E-state index in [0.717, 1.165) is 18.9 Å². The van der Waals surface area contributed by atoms with Crippen LogP contribution >= 0.6 is 0 Å². The first-order valence-electron chi connectivity index (χ1n) is 5.03. The molecule has 1 aliphatic heterocycles. The minimum absolute atomic E-state index is 0.0873. The fourth-order valence-corrected chi connectivity index (χ4v) is 1.55. The molecule has 1 aliphatic rings. The van der Waals surface area contributed by atoms with E-state index in [9.17, 15) is 4.79 Å². The van der Waals surface area contributed by atoms with Crippen LogP contribution in [0.25, 0.3) is 0 Å². The molecule has 0 aromatic carbocycles. The highest BCUT2D eigenvalue weighted by molar-refractivity contribution is 5.80. The van der Waals surface area contributed by atoms with E-state index < -0.39 is 0 Å². The fourth-order valence-electron chi connectivity index (χ4n) is 1.55. The second-order valence-corrected chi connectivity index (χ2v) is 3.89. The minimum Gasteiger partial charge on any atom is -0.346 e. The van der Waals surface area contributed by atoms with E-state index >= 15 is 0 Å². The molecule has 0 radical (unpaired) electrons. The van der Waals surface area contributed by atoms with Gasteiger partial charge in [0.1, 0.15) is 6.33 Å². The van der Waals surface area contributed by atoms with E-state index in [2.05, 4.69) is 20.8 Å². The molecule has 2 N–H and O–H groups in total. The maximum atomic E-state index is 11.6. The lowest BCUT2D eigenvalue weighted by molar-refractivity contribution is -0.127. The van der Waals surface area contributed by atoms with Gasteiger partial charge in [-0.1, -0.05) is 0 Å². The molecule has 1 saturated heterocycles. The molecular formula is C9H15N5O. The van der Waals surface area contributed by atoms with Crippen molar-refractivity contribution < 1.29 is 4.79 Å². The monoisotopic (exact) mass is 209 g/mol. The maximum Gasteiger partial charge on any atom is 0.226 e. The van der Waals surface area contributed by atoms with Crippen molar-refractivity contribution in [1.82, 2.24) is 25.4 Å². The zero-order chi connectivity index (χ0) is 10.8. The number of hydrogen-bond acceptors (Lipinski definition) is 4. The van der Waals surface area contributed by atoms with E-state index in [1.807, 2.05) is 18.5 Å². The van der Waals surface area contributed by atoms with Crippen LogP contribution in [0, 0.1) is 5.92 Å². The van der Waals surface area contributed by atoms with Crippen LogP contribution in [0.3, 0.4) is 0 Å². The second-order valence-electron chi connectivity index (χ2n) is 3.89. The highest BCUT2D eigenvalue weighted by Gasteiger charge is 2.26. The minimum atomic E-state index is -0.0920. The highest BCUT2D eigenvalue weighted by atomic mass is 16.2. The Hall–Kier alpha value is -1.43. The number of nitrogens with zero attached hydrogens (tertiary/aromatic N) is 3. The summed E-state index contributed by atoms with van der Waals surface area (Å²) >= 11 is 0. The zero-order valence-corrected chi connectivity index (χ0v) is 8.90. The summed E-state index contributed by atoms with van der Waals surface area (Å²) in [6, 6.07) is -0.0920. The van der Waals surface area contributed by atoms with Crippen LogP contribution in [0.15, 0.2) is 6.33 Å². The normalized spacial score (nSPS) is 18.3. The maximum absolute atomic E-state index is 11.6. The Bertz CT molecular complexity index is 357. The molecule has 1 amide bonds. The quantitative estimate of drug-likeness (QED) is 0.684. The van der Waals surface area contributed by atoms with Crippen LogP contribution in [-0.2, 0) is 11.8 Å². The van der Waals surface area contributed by atoms with Crippen molar-refractivity contribution in [3.05, 3.63) is 12.2 Å². The number of rotatable bonds is 3. The summed E-state index contributed by atoms with van der Waals surface area (Å²) in [4.78, 5) is 11.6. The molecule has 2 heterocycles. The third-order valence-corrected chi connectivity index (χ3v) is 2.64. The van der Waals surface area contributed by atoms with Gasteiger partial charge in [-0.25, -0.2) is 0 Å². The highest BCUT2D eigenvalue weighted by Crippen LogP contribution is 2.10. The molecule has 82 valence electrons. The molecule has 2 rings (SSSR count). The summed E-state index contributed by atoms with van der Waals surface area (Å²) in [5, 5.41) is 13.7. The van der Waals surface area contributed by atoms with Crippen LogP contribution in [-0.4, -0.2) is 33.8 Å². The van der Waals surface area contributed by atoms with E-state index in [1.165, 1.54) is 0 Å². The van der Waals surface area contributed by atoms with Crippen molar-refractivity contribution in [3.63, 3.8) is 0 Å². The van der Waals surface area contributed by atoms with Gasteiger partial charge in [0.15, 0.2) is 5.82 Å². The first-order valence-corrected chi connectivity index (χ1v) is 5.03. The van der Waals surface area contributed by atoms with Crippen LogP contribution in [0.5, 0.6) is 0 Å². The van der Waals surface area contributed by atoms with Crippen molar-refractivity contribution in [2.75, 3.05) is 13.1 Å². The predicted molar refractivity (Wildman–Crippen MR) is 53.9 cm³/mol. The van der Waals surface area contributed by atoms with Crippen molar-refractivity contribution in [2.24, 2.45) is 13.0 Å². The van der Waals surface area contributed by atoms with E-state index in [1.54, 1.807) is 6.33 Å².